The van der Waals surface area contributed by atoms with Crippen molar-refractivity contribution >= 4 is 33.0 Å². The Hall–Kier alpha value is -0.190. The van der Waals surface area contributed by atoms with Gasteiger partial charge in [-0.2, -0.15) is 0 Å². The summed E-state index contributed by atoms with van der Waals surface area (Å²) < 4.78 is 1.03. The summed E-state index contributed by atoms with van der Waals surface area (Å²) in [5.41, 5.74) is 0. The lowest BCUT2D eigenvalue weighted by Gasteiger charge is -2.03. The summed E-state index contributed by atoms with van der Waals surface area (Å²) in [6.45, 7) is 1.82. The number of thiophene rings is 1. The molecule has 70 valence electrons. The largest absolute Gasteiger partial charge is 0.316 e. The number of carbonyl (C=O) groups excluding carboxylic acids is 1. The zero-order chi connectivity index (χ0) is 9.26. The predicted molar refractivity (Wildman–Crippen MR) is 57.3 cm³/mol. The van der Waals surface area contributed by atoms with Gasteiger partial charge in [0.1, 0.15) is 0 Å². The number of nitrogens with one attached hydrogen (secondary N) is 1. The van der Waals surface area contributed by atoms with Crippen molar-refractivity contribution in [3.8, 4) is 0 Å². The normalized spacial score (nSPS) is 22.1. The van der Waals surface area contributed by atoms with Gasteiger partial charge in [-0.05, 0) is 41.0 Å². The topological polar surface area (TPSA) is 29.1 Å². The molecule has 1 saturated heterocycles. The van der Waals surface area contributed by atoms with Gasteiger partial charge in [-0.25, -0.2) is 0 Å². The molecule has 1 aromatic heterocycles. The van der Waals surface area contributed by atoms with Crippen LogP contribution in [0.3, 0.4) is 0 Å². The van der Waals surface area contributed by atoms with Crippen molar-refractivity contribution < 1.29 is 4.79 Å². The number of carbonyl (C=O) groups is 1. The summed E-state index contributed by atoms with van der Waals surface area (Å²) in [5, 5.41) is 3.20. The van der Waals surface area contributed by atoms with Crippen molar-refractivity contribution in [2.75, 3.05) is 13.1 Å². The highest BCUT2D eigenvalue weighted by atomic mass is 79.9. The zero-order valence-electron chi connectivity index (χ0n) is 7.05. The van der Waals surface area contributed by atoms with Gasteiger partial charge in [0.05, 0.1) is 8.66 Å². The van der Waals surface area contributed by atoms with Crippen LogP contribution in [0.2, 0.25) is 0 Å². The molecule has 2 nitrogen and oxygen atoms in total. The molecule has 0 spiro atoms. The summed E-state index contributed by atoms with van der Waals surface area (Å²) >= 11 is 4.88. The van der Waals surface area contributed by atoms with Gasteiger partial charge in [0.2, 0.25) is 0 Å². The average Bonchev–Trinajstić information content (AvgIpc) is 2.72. The second-order valence-corrected chi connectivity index (χ2v) is 5.62. The van der Waals surface area contributed by atoms with Gasteiger partial charge < -0.3 is 5.32 Å². The van der Waals surface area contributed by atoms with Crippen molar-refractivity contribution in [2.24, 2.45) is 5.92 Å². The molecule has 0 radical (unpaired) electrons. The van der Waals surface area contributed by atoms with Crippen molar-refractivity contribution in [3.05, 3.63) is 20.8 Å². The molecule has 1 unspecified atom stereocenters. The lowest BCUT2D eigenvalue weighted by molar-refractivity contribution is 0.0934. The van der Waals surface area contributed by atoms with Gasteiger partial charge in [-0.3, -0.25) is 4.79 Å². The summed E-state index contributed by atoms with van der Waals surface area (Å²) in [6.07, 6.45) is 0.981. The fourth-order valence-electron chi connectivity index (χ4n) is 1.53. The van der Waals surface area contributed by atoms with Gasteiger partial charge in [0.25, 0.3) is 0 Å². The Morgan fingerprint density at radius 1 is 1.62 bits per heavy atom. The third-order valence-electron chi connectivity index (χ3n) is 2.25. The molecule has 0 saturated carbocycles. The van der Waals surface area contributed by atoms with E-state index in [1.54, 1.807) is 0 Å². The molecular weight excluding hydrogens is 250 g/mol. The van der Waals surface area contributed by atoms with E-state index in [-0.39, 0.29) is 5.92 Å². The van der Waals surface area contributed by atoms with Gasteiger partial charge in [-0.15, -0.1) is 11.3 Å². The maximum absolute atomic E-state index is 11.8. The van der Waals surface area contributed by atoms with Crippen molar-refractivity contribution in [1.82, 2.24) is 5.32 Å². The second kappa shape index (κ2) is 3.90. The Morgan fingerprint density at radius 2 is 2.46 bits per heavy atom. The molecule has 1 aromatic rings. The summed E-state index contributed by atoms with van der Waals surface area (Å²) in [7, 11) is 0. The highest BCUT2D eigenvalue weighted by Gasteiger charge is 2.24. The molecule has 0 amide bonds. The second-order valence-electron chi connectivity index (χ2n) is 3.16. The first kappa shape index (κ1) is 9.37. The van der Waals surface area contributed by atoms with Crippen LogP contribution in [0.25, 0.3) is 0 Å². The van der Waals surface area contributed by atoms with E-state index in [1.807, 2.05) is 12.1 Å². The molecular formula is C9H10BrNOS. The third-order valence-corrected chi connectivity index (χ3v) is 3.89. The van der Waals surface area contributed by atoms with Crippen LogP contribution < -0.4 is 5.32 Å². The van der Waals surface area contributed by atoms with Gasteiger partial charge in [0, 0.05) is 12.5 Å². The predicted octanol–water partition coefficient (Wildman–Crippen LogP) is 2.30. The van der Waals surface area contributed by atoms with Gasteiger partial charge >= 0.3 is 0 Å². The zero-order valence-corrected chi connectivity index (χ0v) is 9.45. The van der Waals surface area contributed by atoms with Crippen LogP contribution in [0.4, 0.5) is 0 Å². The van der Waals surface area contributed by atoms with Crippen LogP contribution in [0.5, 0.6) is 0 Å². The Labute approximate surface area is 89.5 Å². The van der Waals surface area contributed by atoms with Crippen LogP contribution in [-0.2, 0) is 0 Å². The van der Waals surface area contributed by atoms with E-state index < -0.39 is 0 Å². The fourth-order valence-corrected chi connectivity index (χ4v) is 2.93. The fraction of sp³-hybridized carbons (Fsp3) is 0.444. The van der Waals surface area contributed by atoms with E-state index in [0.29, 0.717) is 5.78 Å². The Bertz CT molecular complexity index is 317. The average molecular weight is 260 g/mol. The summed E-state index contributed by atoms with van der Waals surface area (Å²) in [4.78, 5) is 12.7. The van der Waals surface area contributed by atoms with Crippen LogP contribution >= 0.6 is 27.3 Å². The molecule has 2 rings (SSSR count). The van der Waals surface area contributed by atoms with E-state index in [9.17, 15) is 4.79 Å². The number of hydrogen-bond donors (Lipinski definition) is 1. The maximum atomic E-state index is 11.8. The third kappa shape index (κ3) is 2.00. The van der Waals surface area contributed by atoms with Crippen LogP contribution in [0, 0.1) is 5.92 Å². The van der Waals surface area contributed by atoms with Gasteiger partial charge in [0.15, 0.2) is 5.78 Å². The number of rotatable bonds is 2. The van der Waals surface area contributed by atoms with Crippen molar-refractivity contribution in [2.45, 2.75) is 6.42 Å². The summed E-state index contributed by atoms with van der Waals surface area (Å²) in [6, 6.07) is 3.83. The van der Waals surface area contributed by atoms with Crippen LogP contribution in [0.1, 0.15) is 16.1 Å². The van der Waals surface area contributed by atoms with Crippen molar-refractivity contribution in [3.63, 3.8) is 0 Å². The molecule has 4 heteroatoms. The van der Waals surface area contributed by atoms with Gasteiger partial charge in [-0.1, -0.05) is 0 Å². The minimum absolute atomic E-state index is 0.200. The molecule has 1 fully saturated rings. The highest BCUT2D eigenvalue weighted by molar-refractivity contribution is 9.11. The number of hydrogen-bond acceptors (Lipinski definition) is 3. The maximum Gasteiger partial charge on any atom is 0.177 e. The summed E-state index contributed by atoms with van der Waals surface area (Å²) in [5.74, 6) is 0.492. The Balaban J connectivity index is 2.12. The van der Waals surface area contributed by atoms with E-state index >= 15 is 0 Å². The Kier molecular flexibility index (Phi) is 2.81. The first-order chi connectivity index (χ1) is 6.27. The molecule has 1 aliphatic heterocycles. The molecule has 2 heterocycles. The quantitative estimate of drug-likeness (QED) is 0.827. The highest BCUT2D eigenvalue weighted by Crippen LogP contribution is 2.25. The molecule has 1 atom stereocenters. The number of Topliss-reactive ketones (excluding diaryl/α,β-unsaturated/α-hetero) is 1. The van der Waals surface area contributed by atoms with E-state index in [4.69, 9.17) is 0 Å². The van der Waals surface area contributed by atoms with E-state index in [1.165, 1.54) is 11.3 Å². The molecule has 0 aliphatic carbocycles. The molecule has 1 N–H and O–H groups in total. The smallest absolute Gasteiger partial charge is 0.177 e. The Morgan fingerprint density at radius 3 is 3.00 bits per heavy atom. The monoisotopic (exact) mass is 259 g/mol. The first-order valence-corrected chi connectivity index (χ1v) is 5.88. The minimum atomic E-state index is 0.200. The standard InChI is InChI=1S/C9H10BrNOS/c10-8-2-1-7(13-8)9(12)6-3-4-11-5-6/h1-2,6,11H,3-5H2. The molecule has 1 aliphatic rings. The molecule has 13 heavy (non-hydrogen) atoms. The number of halogens is 1. The number of ketones is 1. The molecule has 0 aromatic carbocycles. The SMILES string of the molecule is O=C(c1ccc(Br)s1)C1CCNC1. The first-order valence-electron chi connectivity index (χ1n) is 4.27. The van der Waals surface area contributed by atoms with Crippen LogP contribution in [0.15, 0.2) is 15.9 Å². The van der Waals surface area contributed by atoms with E-state index in [2.05, 4.69) is 21.2 Å². The lowest BCUT2D eigenvalue weighted by atomic mass is 10.0. The molecule has 0 bridgehead atoms. The van der Waals surface area contributed by atoms with Crippen molar-refractivity contribution in [1.29, 1.82) is 0 Å². The minimum Gasteiger partial charge on any atom is -0.316 e. The lowest BCUT2D eigenvalue weighted by Crippen LogP contribution is -2.16. The van der Waals surface area contributed by atoms with Crippen LogP contribution in [-0.4, -0.2) is 18.9 Å². The van der Waals surface area contributed by atoms with E-state index in [0.717, 1.165) is 28.2 Å².